The number of aliphatic hydroxyl groups excluding tert-OH is 1. The zero-order valence-electron chi connectivity index (χ0n) is 11.4. The van der Waals surface area contributed by atoms with Crippen LogP contribution in [0.2, 0.25) is 0 Å². The number of aryl methyl sites for hydroxylation is 1. The molecule has 1 aromatic heterocycles. The number of nitrogens with zero attached hydrogens (tertiary/aromatic N) is 1. The van der Waals surface area contributed by atoms with Gasteiger partial charge >= 0.3 is 0 Å². The second-order valence-corrected chi connectivity index (χ2v) is 5.87. The fourth-order valence-electron chi connectivity index (χ4n) is 2.01. The van der Waals surface area contributed by atoms with E-state index in [0.717, 1.165) is 15.6 Å². The Morgan fingerprint density at radius 3 is 2.53 bits per heavy atom. The first-order chi connectivity index (χ1) is 9.00. The van der Waals surface area contributed by atoms with E-state index in [1.165, 1.54) is 0 Å². The van der Waals surface area contributed by atoms with Crippen molar-refractivity contribution in [1.29, 1.82) is 0 Å². The molecule has 100 valence electrons. The molecule has 19 heavy (non-hydrogen) atoms. The molecule has 1 atom stereocenters. The van der Waals surface area contributed by atoms with E-state index in [4.69, 9.17) is 0 Å². The lowest BCUT2D eigenvalue weighted by molar-refractivity contribution is -0.694. The summed E-state index contributed by atoms with van der Waals surface area (Å²) in [6.45, 7) is 6.00. The maximum Gasteiger partial charge on any atom is 0.266 e. The number of thiazole rings is 1. The number of ketones is 1. The van der Waals surface area contributed by atoms with Gasteiger partial charge in [0.25, 0.3) is 5.01 Å². The van der Waals surface area contributed by atoms with Crippen molar-refractivity contribution in [1.82, 2.24) is 0 Å². The van der Waals surface area contributed by atoms with E-state index in [1.807, 2.05) is 48.7 Å². The fraction of sp³-hybridized carbons (Fsp3) is 0.333. The van der Waals surface area contributed by atoms with Crippen molar-refractivity contribution in [3.05, 3.63) is 51.5 Å². The summed E-state index contributed by atoms with van der Waals surface area (Å²) in [7, 11) is 0. The van der Waals surface area contributed by atoms with E-state index in [1.54, 1.807) is 18.3 Å². The van der Waals surface area contributed by atoms with Crippen molar-refractivity contribution >= 4 is 17.1 Å². The molecule has 2 rings (SSSR count). The fourth-order valence-corrected chi connectivity index (χ4v) is 3.06. The van der Waals surface area contributed by atoms with Gasteiger partial charge < -0.3 is 5.11 Å². The molecule has 0 saturated heterocycles. The monoisotopic (exact) mass is 276 g/mol. The van der Waals surface area contributed by atoms with Crippen LogP contribution in [-0.4, -0.2) is 10.9 Å². The number of rotatable bonds is 4. The summed E-state index contributed by atoms with van der Waals surface area (Å²) >= 11 is 1.55. The Morgan fingerprint density at radius 1 is 1.32 bits per heavy atom. The summed E-state index contributed by atoms with van der Waals surface area (Å²) in [6.07, 6.45) is -0.555. The number of Topliss-reactive ketones (excluding diaryl/α,β-unsaturated/α-hetero) is 1. The highest BCUT2D eigenvalue weighted by molar-refractivity contribution is 7.11. The first kappa shape index (κ1) is 13.9. The van der Waals surface area contributed by atoms with E-state index in [0.29, 0.717) is 5.56 Å². The lowest BCUT2D eigenvalue weighted by atomic mass is 10.1. The van der Waals surface area contributed by atoms with Crippen molar-refractivity contribution in [2.75, 3.05) is 0 Å². The van der Waals surface area contributed by atoms with Crippen LogP contribution in [0.4, 0.5) is 0 Å². The molecule has 0 aliphatic carbocycles. The molecule has 3 nitrogen and oxygen atoms in total. The summed E-state index contributed by atoms with van der Waals surface area (Å²) in [5.74, 6) is 0.0633. The molecule has 0 aliphatic heterocycles. The van der Waals surface area contributed by atoms with Crippen LogP contribution in [0.15, 0.2) is 30.3 Å². The maximum absolute atomic E-state index is 12.3. The molecule has 4 heteroatoms. The number of aliphatic hydroxyl groups is 1. The SMILES string of the molecule is Cc1sc(C(C)O)[n+](CC(=O)c2ccccc2)c1C. The predicted molar refractivity (Wildman–Crippen MR) is 75.4 cm³/mol. The number of hydrogen-bond donors (Lipinski definition) is 1. The van der Waals surface area contributed by atoms with Gasteiger partial charge in [0, 0.05) is 12.5 Å². The van der Waals surface area contributed by atoms with Gasteiger partial charge in [0.05, 0.1) is 4.88 Å². The van der Waals surface area contributed by atoms with Crippen molar-refractivity contribution in [2.24, 2.45) is 0 Å². The van der Waals surface area contributed by atoms with Crippen molar-refractivity contribution in [2.45, 2.75) is 33.4 Å². The highest BCUT2D eigenvalue weighted by Crippen LogP contribution is 2.21. The van der Waals surface area contributed by atoms with Gasteiger partial charge in [-0.1, -0.05) is 41.7 Å². The average molecular weight is 276 g/mol. The highest BCUT2D eigenvalue weighted by atomic mass is 32.1. The average Bonchev–Trinajstić information content (AvgIpc) is 2.68. The third kappa shape index (κ3) is 2.91. The van der Waals surface area contributed by atoms with Crippen LogP contribution in [0.3, 0.4) is 0 Å². The summed E-state index contributed by atoms with van der Waals surface area (Å²) in [5.41, 5.74) is 1.75. The molecule has 0 amide bonds. The number of hydrogen-bond acceptors (Lipinski definition) is 3. The second kappa shape index (κ2) is 5.63. The summed E-state index contributed by atoms with van der Waals surface area (Å²) < 4.78 is 1.92. The lowest BCUT2D eigenvalue weighted by Gasteiger charge is -2.02. The van der Waals surface area contributed by atoms with E-state index in [2.05, 4.69) is 0 Å². The van der Waals surface area contributed by atoms with Gasteiger partial charge in [0.15, 0.2) is 5.69 Å². The number of carbonyl (C=O) groups excluding carboxylic acids is 1. The minimum Gasteiger partial charge on any atom is -0.381 e. The topological polar surface area (TPSA) is 41.2 Å². The van der Waals surface area contributed by atoms with Gasteiger partial charge in [-0.15, -0.1) is 0 Å². The van der Waals surface area contributed by atoms with Crippen LogP contribution < -0.4 is 4.57 Å². The number of carbonyl (C=O) groups is 1. The lowest BCUT2D eigenvalue weighted by Crippen LogP contribution is -2.43. The highest BCUT2D eigenvalue weighted by Gasteiger charge is 2.26. The summed E-state index contributed by atoms with van der Waals surface area (Å²) in [4.78, 5) is 13.4. The first-order valence-corrected chi connectivity index (χ1v) is 7.08. The molecule has 0 fully saturated rings. The van der Waals surface area contributed by atoms with E-state index >= 15 is 0 Å². The Balaban J connectivity index is 2.31. The van der Waals surface area contributed by atoms with Crippen molar-refractivity contribution in [3.63, 3.8) is 0 Å². The molecule has 1 unspecified atom stereocenters. The second-order valence-electron chi connectivity index (χ2n) is 4.63. The Hall–Kier alpha value is -1.52. The van der Waals surface area contributed by atoms with Crippen LogP contribution in [0.1, 0.15) is 39.0 Å². The zero-order valence-corrected chi connectivity index (χ0v) is 12.2. The molecule has 0 bridgehead atoms. The van der Waals surface area contributed by atoms with Gasteiger partial charge in [0.2, 0.25) is 12.3 Å². The van der Waals surface area contributed by atoms with Gasteiger partial charge in [-0.05, 0) is 13.8 Å². The smallest absolute Gasteiger partial charge is 0.266 e. The summed E-state index contributed by atoms with van der Waals surface area (Å²) in [5, 5.41) is 10.6. The Labute approximate surface area is 117 Å². The van der Waals surface area contributed by atoms with E-state index in [9.17, 15) is 9.90 Å². The molecule has 0 aliphatic rings. The van der Waals surface area contributed by atoms with Gasteiger partial charge in [-0.3, -0.25) is 4.79 Å². The van der Waals surface area contributed by atoms with Crippen molar-refractivity contribution in [3.8, 4) is 0 Å². The van der Waals surface area contributed by atoms with Crippen LogP contribution >= 0.6 is 11.3 Å². The molecular formula is C15H18NO2S+. The minimum absolute atomic E-state index is 0.0633. The minimum atomic E-state index is -0.555. The van der Waals surface area contributed by atoms with E-state index in [-0.39, 0.29) is 12.3 Å². The summed E-state index contributed by atoms with van der Waals surface area (Å²) in [6, 6.07) is 9.25. The Morgan fingerprint density at radius 2 is 1.95 bits per heavy atom. The van der Waals surface area contributed by atoms with Gasteiger partial charge in [0.1, 0.15) is 6.10 Å². The molecule has 1 heterocycles. The zero-order chi connectivity index (χ0) is 14.0. The maximum atomic E-state index is 12.3. The Bertz CT molecular complexity index is 588. The van der Waals surface area contributed by atoms with Crippen LogP contribution in [0, 0.1) is 13.8 Å². The predicted octanol–water partition coefficient (Wildman–Crippen LogP) is 2.59. The Kier molecular flexibility index (Phi) is 4.12. The molecule has 1 N–H and O–H groups in total. The number of aromatic nitrogens is 1. The third-order valence-electron chi connectivity index (χ3n) is 3.19. The van der Waals surface area contributed by atoms with Crippen molar-refractivity contribution < 1.29 is 14.5 Å². The largest absolute Gasteiger partial charge is 0.381 e. The van der Waals surface area contributed by atoms with Crippen LogP contribution in [0.5, 0.6) is 0 Å². The molecule has 1 aromatic carbocycles. The quantitative estimate of drug-likeness (QED) is 0.689. The van der Waals surface area contributed by atoms with Crippen LogP contribution in [-0.2, 0) is 6.54 Å². The standard InChI is InChI=1S/C15H18NO2S/c1-10-12(3)19-15(11(2)17)16(10)9-14(18)13-7-5-4-6-8-13/h4-8,11,17H,9H2,1-3H3/q+1. The molecule has 0 saturated carbocycles. The third-order valence-corrected chi connectivity index (χ3v) is 4.57. The molecular weight excluding hydrogens is 258 g/mol. The molecule has 0 spiro atoms. The normalized spacial score (nSPS) is 12.4. The first-order valence-electron chi connectivity index (χ1n) is 6.26. The van der Waals surface area contributed by atoms with E-state index < -0.39 is 6.10 Å². The van der Waals surface area contributed by atoms with Crippen LogP contribution in [0.25, 0.3) is 0 Å². The molecule has 0 radical (unpaired) electrons. The molecule has 2 aromatic rings. The number of benzene rings is 1. The van der Waals surface area contributed by atoms with Gasteiger partial charge in [-0.2, -0.15) is 4.57 Å². The van der Waals surface area contributed by atoms with Gasteiger partial charge in [-0.25, -0.2) is 0 Å².